The number of benzene rings is 2. The number of nitrogens with one attached hydrogen (secondary N) is 1. The van der Waals surface area contributed by atoms with Gasteiger partial charge in [-0.25, -0.2) is 9.37 Å². The SMILES string of the molecule is COc1cccc(CCNc2nc3cc(F)ccc3s2)c1. The summed E-state index contributed by atoms with van der Waals surface area (Å²) in [6.45, 7) is 0.773. The van der Waals surface area contributed by atoms with Crippen molar-refractivity contribution in [2.45, 2.75) is 6.42 Å². The summed E-state index contributed by atoms with van der Waals surface area (Å²) in [5.41, 5.74) is 1.90. The number of fused-ring (bicyclic) bond motifs is 1. The molecule has 0 aliphatic rings. The smallest absolute Gasteiger partial charge is 0.183 e. The summed E-state index contributed by atoms with van der Waals surface area (Å²) in [6.07, 6.45) is 0.876. The van der Waals surface area contributed by atoms with Gasteiger partial charge in [0.1, 0.15) is 11.6 Å². The number of ether oxygens (including phenoxy) is 1. The van der Waals surface area contributed by atoms with Gasteiger partial charge in [0, 0.05) is 12.6 Å². The van der Waals surface area contributed by atoms with Crippen LogP contribution in [0.4, 0.5) is 9.52 Å². The fraction of sp³-hybridized carbons (Fsp3) is 0.188. The molecule has 0 bridgehead atoms. The topological polar surface area (TPSA) is 34.1 Å². The van der Waals surface area contributed by atoms with E-state index >= 15 is 0 Å². The van der Waals surface area contributed by atoms with Gasteiger partial charge in [0.15, 0.2) is 5.13 Å². The minimum atomic E-state index is -0.254. The van der Waals surface area contributed by atoms with Crippen LogP contribution < -0.4 is 10.1 Å². The average molecular weight is 302 g/mol. The minimum Gasteiger partial charge on any atom is -0.497 e. The van der Waals surface area contributed by atoms with Gasteiger partial charge in [0.25, 0.3) is 0 Å². The van der Waals surface area contributed by atoms with Gasteiger partial charge in [0.05, 0.1) is 17.3 Å². The Hall–Kier alpha value is -2.14. The second-order valence-electron chi connectivity index (χ2n) is 4.66. The van der Waals surface area contributed by atoms with Crippen LogP contribution in [-0.4, -0.2) is 18.6 Å². The van der Waals surface area contributed by atoms with Crippen molar-refractivity contribution in [2.24, 2.45) is 0 Å². The lowest BCUT2D eigenvalue weighted by molar-refractivity contribution is 0.414. The molecule has 0 saturated heterocycles. The van der Waals surface area contributed by atoms with Crippen molar-refractivity contribution in [2.75, 3.05) is 19.0 Å². The van der Waals surface area contributed by atoms with E-state index in [1.54, 1.807) is 13.2 Å². The van der Waals surface area contributed by atoms with E-state index in [0.29, 0.717) is 5.52 Å². The lowest BCUT2D eigenvalue weighted by Crippen LogP contribution is -2.04. The van der Waals surface area contributed by atoms with Gasteiger partial charge in [-0.2, -0.15) is 0 Å². The summed E-state index contributed by atoms with van der Waals surface area (Å²) in [5.74, 6) is 0.610. The lowest BCUT2D eigenvalue weighted by atomic mass is 10.1. The predicted molar refractivity (Wildman–Crippen MR) is 84.8 cm³/mol. The van der Waals surface area contributed by atoms with Crippen molar-refractivity contribution in [3.8, 4) is 5.75 Å². The van der Waals surface area contributed by atoms with E-state index in [-0.39, 0.29) is 5.82 Å². The molecule has 0 aliphatic carbocycles. The quantitative estimate of drug-likeness (QED) is 0.770. The van der Waals surface area contributed by atoms with Crippen LogP contribution in [0.1, 0.15) is 5.56 Å². The first-order chi connectivity index (χ1) is 10.2. The highest BCUT2D eigenvalue weighted by molar-refractivity contribution is 7.22. The van der Waals surface area contributed by atoms with Crippen LogP contribution in [0.25, 0.3) is 10.2 Å². The van der Waals surface area contributed by atoms with Crippen LogP contribution in [0.2, 0.25) is 0 Å². The van der Waals surface area contributed by atoms with Crippen LogP contribution in [0.15, 0.2) is 42.5 Å². The van der Waals surface area contributed by atoms with E-state index < -0.39 is 0 Å². The number of aromatic nitrogens is 1. The maximum absolute atomic E-state index is 13.1. The molecule has 1 heterocycles. The number of methoxy groups -OCH3 is 1. The maximum atomic E-state index is 13.1. The summed E-state index contributed by atoms with van der Waals surface area (Å²) in [5, 5.41) is 4.10. The number of halogens is 1. The molecule has 2 aromatic carbocycles. The van der Waals surface area contributed by atoms with Gasteiger partial charge in [-0.05, 0) is 36.2 Å². The molecule has 1 N–H and O–H groups in total. The summed E-state index contributed by atoms with van der Waals surface area (Å²) in [4.78, 5) is 4.38. The Kier molecular flexibility index (Phi) is 4.01. The number of anilines is 1. The third kappa shape index (κ3) is 3.31. The zero-order valence-electron chi connectivity index (χ0n) is 11.6. The second kappa shape index (κ2) is 6.10. The van der Waals surface area contributed by atoms with Gasteiger partial charge in [-0.15, -0.1) is 0 Å². The van der Waals surface area contributed by atoms with Gasteiger partial charge < -0.3 is 10.1 Å². The Morgan fingerprint density at radius 1 is 1.24 bits per heavy atom. The second-order valence-corrected chi connectivity index (χ2v) is 5.69. The number of rotatable bonds is 5. The molecule has 5 heteroatoms. The third-order valence-corrected chi connectivity index (χ3v) is 4.17. The van der Waals surface area contributed by atoms with E-state index in [0.717, 1.165) is 28.5 Å². The molecular weight excluding hydrogens is 287 g/mol. The molecule has 0 radical (unpaired) electrons. The number of thiazole rings is 1. The molecule has 0 fully saturated rings. The van der Waals surface area contributed by atoms with Gasteiger partial charge >= 0.3 is 0 Å². The van der Waals surface area contributed by atoms with E-state index in [9.17, 15) is 4.39 Å². The Morgan fingerprint density at radius 3 is 3.00 bits per heavy atom. The van der Waals surface area contributed by atoms with E-state index in [2.05, 4.69) is 16.4 Å². The largest absolute Gasteiger partial charge is 0.497 e. The Morgan fingerprint density at radius 2 is 2.14 bits per heavy atom. The van der Waals surface area contributed by atoms with Crippen LogP contribution in [-0.2, 0) is 6.42 Å². The van der Waals surface area contributed by atoms with Gasteiger partial charge in [-0.1, -0.05) is 23.5 Å². The average Bonchev–Trinajstić information content (AvgIpc) is 2.89. The molecule has 0 atom stereocenters. The fourth-order valence-corrected chi connectivity index (χ4v) is 2.99. The monoisotopic (exact) mass is 302 g/mol. The predicted octanol–water partition coefficient (Wildman–Crippen LogP) is 4.10. The molecule has 0 unspecified atom stereocenters. The zero-order chi connectivity index (χ0) is 14.7. The summed E-state index contributed by atoms with van der Waals surface area (Å²) < 4.78 is 19.3. The molecule has 0 spiro atoms. The Labute approximate surface area is 126 Å². The van der Waals surface area contributed by atoms with Crippen molar-refractivity contribution in [1.29, 1.82) is 0 Å². The van der Waals surface area contributed by atoms with E-state index in [1.165, 1.54) is 29.0 Å². The molecular formula is C16H15FN2OS. The highest BCUT2D eigenvalue weighted by Crippen LogP contribution is 2.26. The first kappa shape index (κ1) is 13.8. The van der Waals surface area contributed by atoms with E-state index in [1.807, 2.05) is 18.2 Å². The van der Waals surface area contributed by atoms with Crippen LogP contribution in [0.5, 0.6) is 5.75 Å². The maximum Gasteiger partial charge on any atom is 0.183 e. The standard InChI is InChI=1S/C16H15FN2OS/c1-20-13-4-2-3-11(9-13)7-8-18-16-19-14-10-12(17)5-6-15(14)21-16/h2-6,9-10H,7-8H2,1H3,(H,18,19). The summed E-state index contributed by atoms with van der Waals surface area (Å²) in [6, 6.07) is 12.7. The molecule has 108 valence electrons. The molecule has 21 heavy (non-hydrogen) atoms. The molecule has 0 amide bonds. The van der Waals surface area contributed by atoms with Crippen molar-refractivity contribution in [3.63, 3.8) is 0 Å². The normalized spacial score (nSPS) is 10.8. The summed E-state index contributed by atoms with van der Waals surface area (Å²) >= 11 is 1.54. The first-order valence-corrected chi connectivity index (χ1v) is 7.49. The van der Waals surface area contributed by atoms with Crippen LogP contribution >= 0.6 is 11.3 Å². The number of nitrogens with zero attached hydrogens (tertiary/aromatic N) is 1. The highest BCUT2D eigenvalue weighted by atomic mass is 32.1. The highest BCUT2D eigenvalue weighted by Gasteiger charge is 2.04. The van der Waals surface area contributed by atoms with Crippen molar-refractivity contribution in [3.05, 3.63) is 53.8 Å². The Balaban J connectivity index is 1.63. The zero-order valence-corrected chi connectivity index (χ0v) is 12.4. The van der Waals surface area contributed by atoms with Crippen LogP contribution in [0.3, 0.4) is 0 Å². The molecule has 3 aromatic rings. The minimum absolute atomic E-state index is 0.254. The summed E-state index contributed by atoms with van der Waals surface area (Å²) in [7, 11) is 1.66. The molecule has 3 rings (SSSR count). The molecule has 0 saturated carbocycles. The van der Waals surface area contributed by atoms with Crippen molar-refractivity contribution in [1.82, 2.24) is 4.98 Å². The fourth-order valence-electron chi connectivity index (χ4n) is 2.12. The molecule has 1 aromatic heterocycles. The molecule has 0 aliphatic heterocycles. The van der Waals surface area contributed by atoms with Crippen molar-refractivity contribution < 1.29 is 9.13 Å². The lowest BCUT2D eigenvalue weighted by Gasteiger charge is -2.05. The van der Waals surface area contributed by atoms with Crippen molar-refractivity contribution >= 4 is 26.7 Å². The number of hydrogen-bond donors (Lipinski definition) is 1. The molecule has 3 nitrogen and oxygen atoms in total. The van der Waals surface area contributed by atoms with Crippen LogP contribution in [0, 0.1) is 5.82 Å². The number of hydrogen-bond acceptors (Lipinski definition) is 4. The third-order valence-electron chi connectivity index (χ3n) is 3.17. The van der Waals surface area contributed by atoms with Gasteiger partial charge in [0.2, 0.25) is 0 Å². The Bertz CT molecular complexity index is 757. The first-order valence-electron chi connectivity index (χ1n) is 6.67. The van der Waals surface area contributed by atoms with E-state index in [4.69, 9.17) is 4.74 Å². The van der Waals surface area contributed by atoms with Gasteiger partial charge in [-0.3, -0.25) is 0 Å².